The van der Waals surface area contributed by atoms with Gasteiger partial charge in [-0.25, -0.2) is 4.98 Å². The molecule has 2 atom stereocenters. The number of anilines is 1. The number of fused-ring (bicyclic) bond motifs is 1. The topological polar surface area (TPSA) is 112 Å². The standard InChI is InChI=1S/C20H23N5O3/c1-12(26)20(6-8-21-11-20)19(27)23-14-3-4-16-15(10-14)18(25-24-16)13-5-7-22-17(9-13)28-2/h3-5,7,9-10,12,21,26H,6,8,11H2,1-2H3,(H,23,27)(H,24,25)/t12?,20-/m1/s1. The van der Waals surface area contributed by atoms with E-state index >= 15 is 0 Å². The highest BCUT2D eigenvalue weighted by atomic mass is 16.5. The minimum atomic E-state index is -0.813. The number of aromatic nitrogens is 3. The van der Waals surface area contributed by atoms with Crippen molar-refractivity contribution in [1.82, 2.24) is 20.5 Å². The van der Waals surface area contributed by atoms with E-state index in [1.807, 2.05) is 30.3 Å². The molecule has 8 heteroatoms. The van der Waals surface area contributed by atoms with Crippen molar-refractivity contribution in [2.24, 2.45) is 5.41 Å². The SMILES string of the molecule is COc1cc(-c2n[nH]c3ccc(NC(=O)[C@]4(C(C)O)CCNC4)cc23)ccn1. The van der Waals surface area contributed by atoms with Crippen molar-refractivity contribution in [3.8, 4) is 17.1 Å². The Bertz CT molecular complexity index is 1010. The van der Waals surface area contributed by atoms with Crippen molar-refractivity contribution in [3.63, 3.8) is 0 Å². The van der Waals surface area contributed by atoms with Crippen molar-refractivity contribution >= 4 is 22.5 Å². The number of benzene rings is 1. The Hall–Kier alpha value is -2.97. The molecule has 1 saturated heterocycles. The molecule has 1 amide bonds. The van der Waals surface area contributed by atoms with Crippen LogP contribution in [0.25, 0.3) is 22.2 Å². The first kappa shape index (κ1) is 18.4. The first-order valence-electron chi connectivity index (χ1n) is 9.22. The van der Waals surface area contributed by atoms with E-state index in [0.717, 1.165) is 22.2 Å². The molecule has 4 N–H and O–H groups in total. The highest BCUT2D eigenvalue weighted by molar-refractivity contribution is 6.00. The minimum absolute atomic E-state index is 0.178. The lowest BCUT2D eigenvalue weighted by Crippen LogP contribution is -2.46. The molecule has 3 aromatic rings. The second kappa shape index (κ2) is 7.21. The van der Waals surface area contributed by atoms with Gasteiger partial charge in [0.15, 0.2) is 0 Å². The average molecular weight is 381 g/mol. The van der Waals surface area contributed by atoms with Gasteiger partial charge in [-0.3, -0.25) is 9.89 Å². The average Bonchev–Trinajstić information content (AvgIpc) is 3.36. The van der Waals surface area contributed by atoms with E-state index < -0.39 is 11.5 Å². The van der Waals surface area contributed by atoms with Crippen LogP contribution in [0.4, 0.5) is 5.69 Å². The van der Waals surface area contributed by atoms with Gasteiger partial charge in [0.2, 0.25) is 11.8 Å². The number of hydrogen-bond donors (Lipinski definition) is 4. The summed E-state index contributed by atoms with van der Waals surface area (Å²) in [7, 11) is 1.57. The van der Waals surface area contributed by atoms with Crippen LogP contribution in [0.1, 0.15) is 13.3 Å². The zero-order valence-corrected chi connectivity index (χ0v) is 15.8. The van der Waals surface area contributed by atoms with Gasteiger partial charge in [0, 0.05) is 35.4 Å². The first-order valence-corrected chi connectivity index (χ1v) is 9.22. The van der Waals surface area contributed by atoms with Gasteiger partial charge in [0.05, 0.1) is 24.1 Å². The number of hydrogen-bond acceptors (Lipinski definition) is 6. The van der Waals surface area contributed by atoms with E-state index in [-0.39, 0.29) is 5.91 Å². The zero-order valence-electron chi connectivity index (χ0n) is 15.8. The van der Waals surface area contributed by atoms with Crippen LogP contribution in [0.2, 0.25) is 0 Å². The smallest absolute Gasteiger partial charge is 0.234 e. The Morgan fingerprint density at radius 3 is 2.93 bits per heavy atom. The van der Waals surface area contributed by atoms with E-state index in [4.69, 9.17) is 4.74 Å². The highest BCUT2D eigenvalue weighted by Crippen LogP contribution is 2.33. The maximum absolute atomic E-state index is 12.9. The van der Waals surface area contributed by atoms with Crippen LogP contribution in [0.3, 0.4) is 0 Å². The molecule has 2 aromatic heterocycles. The van der Waals surface area contributed by atoms with E-state index in [2.05, 4.69) is 25.8 Å². The summed E-state index contributed by atoms with van der Waals surface area (Å²) in [5.41, 5.74) is 2.32. The number of nitrogens with zero attached hydrogens (tertiary/aromatic N) is 2. The fraction of sp³-hybridized carbons (Fsp3) is 0.350. The molecule has 0 bridgehead atoms. The Morgan fingerprint density at radius 2 is 2.21 bits per heavy atom. The highest BCUT2D eigenvalue weighted by Gasteiger charge is 2.45. The lowest BCUT2D eigenvalue weighted by molar-refractivity contribution is -0.130. The summed E-state index contributed by atoms with van der Waals surface area (Å²) in [5, 5.41) is 24.6. The molecule has 1 aliphatic rings. The molecule has 1 fully saturated rings. The summed E-state index contributed by atoms with van der Waals surface area (Å²) in [4.78, 5) is 17.1. The summed E-state index contributed by atoms with van der Waals surface area (Å²) < 4.78 is 5.20. The van der Waals surface area contributed by atoms with Crippen LogP contribution >= 0.6 is 0 Å². The second-order valence-electron chi connectivity index (χ2n) is 7.13. The molecule has 3 heterocycles. The third-order valence-electron chi connectivity index (χ3n) is 5.48. The number of pyridine rings is 1. The third kappa shape index (κ3) is 3.10. The molecule has 0 saturated carbocycles. The zero-order chi connectivity index (χ0) is 19.7. The van der Waals surface area contributed by atoms with Gasteiger partial charge in [-0.15, -0.1) is 0 Å². The van der Waals surface area contributed by atoms with Gasteiger partial charge in [-0.2, -0.15) is 5.10 Å². The van der Waals surface area contributed by atoms with E-state index in [1.54, 1.807) is 20.2 Å². The Kier molecular flexibility index (Phi) is 4.74. The van der Waals surface area contributed by atoms with Crippen molar-refractivity contribution in [2.75, 3.05) is 25.5 Å². The fourth-order valence-corrected chi connectivity index (χ4v) is 3.69. The molecule has 4 rings (SSSR count). The molecule has 1 aliphatic heterocycles. The lowest BCUT2D eigenvalue weighted by Gasteiger charge is -2.29. The normalized spacial score (nSPS) is 20.2. The summed E-state index contributed by atoms with van der Waals surface area (Å²) >= 11 is 0. The van der Waals surface area contributed by atoms with E-state index in [0.29, 0.717) is 31.1 Å². The number of ether oxygens (including phenoxy) is 1. The van der Waals surface area contributed by atoms with Crippen molar-refractivity contribution < 1.29 is 14.6 Å². The van der Waals surface area contributed by atoms with Gasteiger partial charge in [0.1, 0.15) is 5.69 Å². The largest absolute Gasteiger partial charge is 0.481 e. The predicted octanol–water partition coefficient (Wildman–Crippen LogP) is 1.93. The molecule has 28 heavy (non-hydrogen) atoms. The van der Waals surface area contributed by atoms with Crippen LogP contribution in [-0.4, -0.2) is 52.5 Å². The monoisotopic (exact) mass is 381 g/mol. The second-order valence-corrected chi connectivity index (χ2v) is 7.13. The molecule has 0 radical (unpaired) electrons. The van der Waals surface area contributed by atoms with Crippen LogP contribution in [-0.2, 0) is 4.79 Å². The van der Waals surface area contributed by atoms with Crippen LogP contribution in [0.15, 0.2) is 36.5 Å². The van der Waals surface area contributed by atoms with Gasteiger partial charge in [-0.05, 0) is 44.2 Å². The Morgan fingerprint density at radius 1 is 1.36 bits per heavy atom. The molecule has 146 valence electrons. The number of aliphatic hydroxyl groups is 1. The molecule has 0 aliphatic carbocycles. The summed E-state index contributed by atoms with van der Waals surface area (Å²) in [6.07, 6.45) is 1.53. The van der Waals surface area contributed by atoms with Gasteiger partial charge in [0.25, 0.3) is 0 Å². The number of amides is 1. The Balaban J connectivity index is 1.67. The predicted molar refractivity (Wildman–Crippen MR) is 106 cm³/mol. The molecule has 8 nitrogen and oxygen atoms in total. The van der Waals surface area contributed by atoms with Crippen LogP contribution < -0.4 is 15.4 Å². The molecular formula is C20H23N5O3. The van der Waals surface area contributed by atoms with Gasteiger partial charge >= 0.3 is 0 Å². The Labute approximate surface area is 162 Å². The maximum Gasteiger partial charge on any atom is 0.234 e. The quantitative estimate of drug-likeness (QED) is 0.537. The number of H-pyrrole nitrogens is 1. The van der Waals surface area contributed by atoms with E-state index in [9.17, 15) is 9.90 Å². The van der Waals surface area contributed by atoms with Crippen LogP contribution in [0, 0.1) is 5.41 Å². The summed E-state index contributed by atoms with van der Waals surface area (Å²) in [6.45, 7) is 2.85. The maximum atomic E-state index is 12.9. The number of aromatic amines is 1. The summed E-state index contributed by atoms with van der Waals surface area (Å²) in [5.74, 6) is 0.327. The van der Waals surface area contributed by atoms with E-state index in [1.165, 1.54) is 0 Å². The number of rotatable bonds is 5. The molecule has 1 unspecified atom stereocenters. The number of aliphatic hydroxyl groups excluding tert-OH is 1. The van der Waals surface area contributed by atoms with Crippen molar-refractivity contribution in [1.29, 1.82) is 0 Å². The number of carbonyl (C=O) groups is 1. The molecule has 0 spiro atoms. The van der Waals surface area contributed by atoms with Gasteiger partial charge in [-0.1, -0.05) is 0 Å². The molecule has 1 aromatic carbocycles. The molecular weight excluding hydrogens is 358 g/mol. The van der Waals surface area contributed by atoms with Crippen molar-refractivity contribution in [3.05, 3.63) is 36.5 Å². The first-order chi connectivity index (χ1) is 13.5. The van der Waals surface area contributed by atoms with Crippen molar-refractivity contribution in [2.45, 2.75) is 19.4 Å². The fourth-order valence-electron chi connectivity index (χ4n) is 3.69. The third-order valence-corrected chi connectivity index (χ3v) is 5.48. The minimum Gasteiger partial charge on any atom is -0.481 e. The lowest BCUT2D eigenvalue weighted by atomic mass is 9.81. The summed E-state index contributed by atoms with van der Waals surface area (Å²) in [6, 6.07) is 9.26. The number of nitrogens with one attached hydrogen (secondary N) is 3. The van der Waals surface area contributed by atoms with Gasteiger partial charge < -0.3 is 20.5 Å². The number of methoxy groups -OCH3 is 1. The van der Waals surface area contributed by atoms with Crippen LogP contribution in [0.5, 0.6) is 5.88 Å². The number of carbonyl (C=O) groups excluding carboxylic acids is 1.